The lowest BCUT2D eigenvalue weighted by atomic mass is 10.1. The summed E-state index contributed by atoms with van der Waals surface area (Å²) in [7, 11) is 0. The van der Waals surface area contributed by atoms with Crippen molar-refractivity contribution < 1.29 is 27.1 Å². The van der Waals surface area contributed by atoms with Gasteiger partial charge in [-0.3, -0.25) is 0 Å². The van der Waals surface area contributed by atoms with Gasteiger partial charge in [-0.25, -0.2) is 9.18 Å². The maximum atomic E-state index is 12.9. The monoisotopic (exact) mass is 264 g/mol. The molecule has 0 radical (unpaired) electrons. The molecule has 0 aliphatic carbocycles. The summed E-state index contributed by atoms with van der Waals surface area (Å²) in [6.07, 6.45) is -4.72. The van der Waals surface area contributed by atoms with Gasteiger partial charge < -0.3 is 4.74 Å². The first kappa shape index (κ1) is 14.5. The van der Waals surface area contributed by atoms with E-state index in [0.29, 0.717) is 18.2 Å². The van der Waals surface area contributed by atoms with Crippen molar-refractivity contribution in [2.24, 2.45) is 5.92 Å². The fourth-order valence-corrected chi connectivity index (χ4v) is 1.25. The Balaban J connectivity index is 3.06. The molecule has 6 heteroatoms. The summed E-state index contributed by atoms with van der Waals surface area (Å²) >= 11 is 0. The number of alkyl halides is 3. The Morgan fingerprint density at radius 1 is 1.33 bits per heavy atom. The molecule has 2 nitrogen and oxygen atoms in total. The Morgan fingerprint density at radius 3 is 2.44 bits per heavy atom. The number of carbonyl (C=O) groups is 1. The van der Waals surface area contributed by atoms with Gasteiger partial charge >= 0.3 is 12.1 Å². The van der Waals surface area contributed by atoms with E-state index in [9.17, 15) is 22.4 Å². The predicted octanol–water partition coefficient (Wildman–Crippen LogP) is 3.66. The summed E-state index contributed by atoms with van der Waals surface area (Å²) in [6.45, 7) is 3.46. The summed E-state index contributed by atoms with van der Waals surface area (Å²) in [4.78, 5) is 11.5. The van der Waals surface area contributed by atoms with Crippen LogP contribution in [0.3, 0.4) is 0 Å². The minimum Gasteiger partial charge on any atom is -0.462 e. The van der Waals surface area contributed by atoms with Crippen LogP contribution in [0, 0.1) is 11.7 Å². The third-order valence-corrected chi connectivity index (χ3v) is 2.05. The normalized spacial score (nSPS) is 11.7. The summed E-state index contributed by atoms with van der Waals surface area (Å²) in [6, 6.07) is 1.72. The molecule has 1 aromatic rings. The topological polar surface area (TPSA) is 26.3 Å². The van der Waals surface area contributed by atoms with E-state index in [1.54, 1.807) is 13.8 Å². The minimum atomic E-state index is -4.72. The number of hydrogen-bond acceptors (Lipinski definition) is 2. The third-order valence-electron chi connectivity index (χ3n) is 2.05. The number of halogens is 4. The van der Waals surface area contributed by atoms with Crippen molar-refractivity contribution in [2.75, 3.05) is 6.61 Å². The molecule has 100 valence electrons. The zero-order valence-electron chi connectivity index (χ0n) is 9.84. The van der Waals surface area contributed by atoms with Gasteiger partial charge in [0.15, 0.2) is 0 Å². The second-order valence-corrected chi connectivity index (χ2v) is 4.18. The van der Waals surface area contributed by atoms with Gasteiger partial charge in [-0.05, 0) is 24.1 Å². The van der Waals surface area contributed by atoms with Crippen LogP contribution in [0.4, 0.5) is 17.6 Å². The van der Waals surface area contributed by atoms with Gasteiger partial charge in [-0.15, -0.1) is 0 Å². The van der Waals surface area contributed by atoms with E-state index in [1.165, 1.54) is 0 Å². The molecule has 0 atom stereocenters. The molecule has 0 aromatic heterocycles. The first-order valence-electron chi connectivity index (χ1n) is 5.25. The molecular weight excluding hydrogens is 252 g/mol. The number of rotatable bonds is 3. The molecule has 0 N–H and O–H groups in total. The van der Waals surface area contributed by atoms with Crippen molar-refractivity contribution in [2.45, 2.75) is 20.0 Å². The lowest BCUT2D eigenvalue weighted by molar-refractivity contribution is -0.138. The molecule has 1 aromatic carbocycles. The van der Waals surface area contributed by atoms with Gasteiger partial charge in [0.1, 0.15) is 5.82 Å². The van der Waals surface area contributed by atoms with Gasteiger partial charge in [-0.2, -0.15) is 13.2 Å². The van der Waals surface area contributed by atoms with Gasteiger partial charge in [0.25, 0.3) is 0 Å². The van der Waals surface area contributed by atoms with Crippen LogP contribution in [0.5, 0.6) is 0 Å². The lowest BCUT2D eigenvalue weighted by Crippen LogP contribution is -2.17. The molecule has 18 heavy (non-hydrogen) atoms. The Bertz CT molecular complexity index is 438. The standard InChI is InChI=1S/C12H12F4O2/c1-7(2)6-18-11(17)9-5-8(13)3-4-10(9)12(14,15)16/h3-5,7H,6H2,1-2H3. The van der Waals surface area contributed by atoms with E-state index in [1.807, 2.05) is 0 Å². The van der Waals surface area contributed by atoms with Crippen LogP contribution in [-0.4, -0.2) is 12.6 Å². The van der Waals surface area contributed by atoms with Crippen molar-refractivity contribution >= 4 is 5.97 Å². The molecule has 1 rings (SSSR count). The number of esters is 1. The second-order valence-electron chi connectivity index (χ2n) is 4.18. The van der Waals surface area contributed by atoms with Gasteiger partial charge in [0.05, 0.1) is 17.7 Å². The summed E-state index contributed by atoms with van der Waals surface area (Å²) in [5.41, 5.74) is -2.00. The Labute approximate surface area is 102 Å². The Hall–Kier alpha value is -1.59. The first-order valence-corrected chi connectivity index (χ1v) is 5.25. The average molecular weight is 264 g/mol. The maximum absolute atomic E-state index is 12.9. The number of benzene rings is 1. The smallest absolute Gasteiger partial charge is 0.417 e. The molecule has 0 aliphatic rings. The number of hydrogen-bond donors (Lipinski definition) is 0. The van der Waals surface area contributed by atoms with Crippen molar-refractivity contribution in [3.63, 3.8) is 0 Å². The van der Waals surface area contributed by atoms with Crippen LogP contribution < -0.4 is 0 Å². The molecule has 0 saturated heterocycles. The van der Waals surface area contributed by atoms with Crippen molar-refractivity contribution in [1.29, 1.82) is 0 Å². The molecule has 0 bridgehead atoms. The second kappa shape index (κ2) is 5.37. The van der Waals surface area contributed by atoms with Crippen LogP contribution in [0.15, 0.2) is 18.2 Å². The Morgan fingerprint density at radius 2 is 1.94 bits per heavy atom. The quantitative estimate of drug-likeness (QED) is 0.615. The molecule has 0 amide bonds. The average Bonchev–Trinajstić information content (AvgIpc) is 2.23. The van der Waals surface area contributed by atoms with Crippen LogP contribution in [0.2, 0.25) is 0 Å². The summed E-state index contributed by atoms with van der Waals surface area (Å²) < 4.78 is 55.4. The third kappa shape index (κ3) is 3.72. The highest BCUT2D eigenvalue weighted by atomic mass is 19.4. The van der Waals surface area contributed by atoms with Gasteiger partial charge in [0.2, 0.25) is 0 Å². The van der Waals surface area contributed by atoms with Crippen LogP contribution in [0.25, 0.3) is 0 Å². The Kier molecular flexibility index (Phi) is 4.32. The molecule has 0 spiro atoms. The lowest BCUT2D eigenvalue weighted by Gasteiger charge is -2.13. The highest BCUT2D eigenvalue weighted by Gasteiger charge is 2.35. The molecular formula is C12H12F4O2. The molecule has 0 saturated carbocycles. The number of carbonyl (C=O) groups excluding carboxylic acids is 1. The molecule has 0 unspecified atom stereocenters. The van der Waals surface area contributed by atoms with E-state index >= 15 is 0 Å². The van der Waals surface area contributed by atoms with E-state index in [4.69, 9.17) is 0 Å². The summed E-state index contributed by atoms with van der Waals surface area (Å²) in [5, 5.41) is 0. The number of ether oxygens (including phenoxy) is 1. The minimum absolute atomic E-state index is 0.0168. The molecule has 0 heterocycles. The van der Waals surface area contributed by atoms with E-state index < -0.39 is 29.1 Å². The zero-order chi connectivity index (χ0) is 13.9. The van der Waals surface area contributed by atoms with E-state index in [2.05, 4.69) is 4.74 Å². The van der Waals surface area contributed by atoms with Gasteiger partial charge in [0, 0.05) is 0 Å². The van der Waals surface area contributed by atoms with Crippen molar-refractivity contribution in [1.82, 2.24) is 0 Å². The first-order chi connectivity index (χ1) is 8.21. The zero-order valence-corrected chi connectivity index (χ0v) is 9.84. The molecule has 0 aliphatic heterocycles. The summed E-state index contributed by atoms with van der Waals surface area (Å²) in [5.74, 6) is -2.10. The van der Waals surface area contributed by atoms with Crippen molar-refractivity contribution in [3.8, 4) is 0 Å². The van der Waals surface area contributed by atoms with Crippen LogP contribution >= 0.6 is 0 Å². The van der Waals surface area contributed by atoms with Gasteiger partial charge in [-0.1, -0.05) is 13.8 Å². The van der Waals surface area contributed by atoms with E-state index in [-0.39, 0.29) is 12.5 Å². The highest BCUT2D eigenvalue weighted by Crippen LogP contribution is 2.32. The highest BCUT2D eigenvalue weighted by molar-refractivity contribution is 5.91. The SMILES string of the molecule is CC(C)COC(=O)c1cc(F)ccc1C(F)(F)F. The fraction of sp³-hybridized carbons (Fsp3) is 0.417. The fourth-order valence-electron chi connectivity index (χ4n) is 1.25. The van der Waals surface area contributed by atoms with Crippen LogP contribution in [0.1, 0.15) is 29.8 Å². The van der Waals surface area contributed by atoms with Crippen LogP contribution in [-0.2, 0) is 10.9 Å². The largest absolute Gasteiger partial charge is 0.462 e. The van der Waals surface area contributed by atoms with Crippen molar-refractivity contribution in [3.05, 3.63) is 35.1 Å². The molecule has 0 fully saturated rings. The maximum Gasteiger partial charge on any atom is 0.417 e. The predicted molar refractivity (Wildman–Crippen MR) is 56.5 cm³/mol. The van der Waals surface area contributed by atoms with E-state index in [0.717, 1.165) is 0 Å².